The molecule has 1 nitrogen and oxygen atoms in total. The quantitative estimate of drug-likeness (QED) is 0.530. The van der Waals surface area contributed by atoms with E-state index in [1.54, 1.807) is 0 Å². The van der Waals surface area contributed by atoms with Gasteiger partial charge in [-0.25, -0.2) is 4.57 Å². The summed E-state index contributed by atoms with van der Waals surface area (Å²) >= 11 is 0. The molecule has 0 spiro atoms. The highest BCUT2D eigenvalue weighted by molar-refractivity contribution is 5.04. The smallest absolute Gasteiger partial charge is 0.171 e. The zero-order valence-corrected chi connectivity index (χ0v) is 8.51. The first kappa shape index (κ1) is 11.4. The average molecular weight is 186 g/mol. The molecular formula is C10H16ClN. The molecule has 0 unspecified atom stereocenters. The third-order valence-corrected chi connectivity index (χ3v) is 1.81. The molecule has 0 amide bonds. The summed E-state index contributed by atoms with van der Waals surface area (Å²) in [7, 11) is 0. The number of rotatable bonds is 3. The van der Waals surface area contributed by atoms with E-state index in [1.165, 1.54) is 12.0 Å². The minimum absolute atomic E-state index is 0. The Morgan fingerprint density at radius 2 is 2.08 bits per heavy atom. The molecule has 0 atom stereocenters. The fourth-order valence-electron chi connectivity index (χ4n) is 1.18. The second kappa shape index (κ2) is 6.01. The summed E-state index contributed by atoms with van der Waals surface area (Å²) in [6.07, 6.45) is 6.69. The van der Waals surface area contributed by atoms with E-state index in [2.05, 4.69) is 42.9 Å². The van der Waals surface area contributed by atoms with Gasteiger partial charge in [0.15, 0.2) is 12.4 Å². The van der Waals surface area contributed by atoms with Gasteiger partial charge in [-0.15, -0.1) is 0 Å². The molecule has 0 N–H and O–H groups in total. The van der Waals surface area contributed by atoms with Gasteiger partial charge in [0.1, 0.15) is 6.54 Å². The Morgan fingerprint density at radius 1 is 1.33 bits per heavy atom. The van der Waals surface area contributed by atoms with Crippen molar-refractivity contribution in [3.8, 4) is 0 Å². The van der Waals surface area contributed by atoms with Crippen molar-refractivity contribution in [3.63, 3.8) is 0 Å². The van der Waals surface area contributed by atoms with Gasteiger partial charge in [-0.2, -0.15) is 0 Å². The topological polar surface area (TPSA) is 3.88 Å². The van der Waals surface area contributed by atoms with Crippen molar-refractivity contribution in [1.29, 1.82) is 0 Å². The molecule has 0 aliphatic rings. The summed E-state index contributed by atoms with van der Waals surface area (Å²) in [6.45, 7) is 5.52. The van der Waals surface area contributed by atoms with Gasteiger partial charge in [-0.05, 0) is 12.5 Å². The van der Waals surface area contributed by atoms with E-state index in [-0.39, 0.29) is 12.4 Å². The van der Waals surface area contributed by atoms with Crippen LogP contribution in [0.25, 0.3) is 0 Å². The fraction of sp³-hybridized carbons (Fsp3) is 0.500. The Kier molecular flexibility index (Phi) is 5.73. The normalized spacial score (nSPS) is 9.17. The maximum Gasteiger partial charge on any atom is 0.171 e. The van der Waals surface area contributed by atoms with Crippen LogP contribution in [0.15, 0.2) is 24.5 Å². The third-order valence-electron chi connectivity index (χ3n) is 1.81. The van der Waals surface area contributed by atoms with Crippen molar-refractivity contribution in [1.82, 2.24) is 0 Å². The predicted octanol–water partition coefficient (Wildman–Crippen LogP) is -1.05. The summed E-state index contributed by atoms with van der Waals surface area (Å²) in [4.78, 5) is 0. The van der Waals surface area contributed by atoms with Crippen LogP contribution in [0.2, 0.25) is 0 Å². The average Bonchev–Trinajstić information content (AvgIpc) is 2.06. The highest BCUT2D eigenvalue weighted by Crippen LogP contribution is 1.94. The van der Waals surface area contributed by atoms with Crippen molar-refractivity contribution in [2.75, 3.05) is 0 Å². The molecule has 2 heteroatoms. The summed E-state index contributed by atoms with van der Waals surface area (Å²) in [5, 5.41) is 0. The van der Waals surface area contributed by atoms with Crippen molar-refractivity contribution in [3.05, 3.63) is 30.1 Å². The van der Waals surface area contributed by atoms with E-state index in [0.717, 1.165) is 13.0 Å². The van der Waals surface area contributed by atoms with Gasteiger partial charge in [-0.1, -0.05) is 13.8 Å². The van der Waals surface area contributed by atoms with Crippen LogP contribution < -0.4 is 17.0 Å². The molecule has 1 heterocycles. The van der Waals surface area contributed by atoms with Gasteiger partial charge >= 0.3 is 0 Å². The van der Waals surface area contributed by atoms with Gasteiger partial charge in [0.05, 0.1) is 0 Å². The lowest BCUT2D eigenvalue weighted by Crippen LogP contribution is -3.00. The molecule has 0 bridgehead atoms. The van der Waals surface area contributed by atoms with Crippen molar-refractivity contribution < 1.29 is 17.0 Å². The molecule has 0 aliphatic carbocycles. The molecule has 0 saturated heterocycles. The lowest BCUT2D eigenvalue weighted by molar-refractivity contribution is -0.697. The lowest BCUT2D eigenvalue weighted by Gasteiger charge is -1.95. The second-order valence-electron chi connectivity index (χ2n) is 2.80. The number of aryl methyl sites for hydroxylation is 2. The number of hydrogen-bond donors (Lipinski definition) is 0. The molecular weight excluding hydrogens is 170 g/mol. The maximum atomic E-state index is 2.25. The fourth-order valence-corrected chi connectivity index (χ4v) is 1.18. The molecule has 0 fully saturated rings. The molecule has 0 radical (unpaired) electrons. The summed E-state index contributed by atoms with van der Waals surface area (Å²) < 4.78 is 2.25. The first-order valence-electron chi connectivity index (χ1n) is 4.34. The molecule has 1 aromatic rings. The van der Waals surface area contributed by atoms with Crippen molar-refractivity contribution in [2.24, 2.45) is 0 Å². The standard InChI is InChI=1S/C10H16N.ClH/c1-3-7-11-8-5-6-10(4-2)9-11;/h5-6,8-9H,3-4,7H2,1-2H3;1H/q+1;/p-1. The minimum atomic E-state index is 0. The zero-order chi connectivity index (χ0) is 8.10. The first-order valence-corrected chi connectivity index (χ1v) is 4.34. The molecule has 0 aliphatic heterocycles. The van der Waals surface area contributed by atoms with Gasteiger partial charge < -0.3 is 12.4 Å². The number of aromatic nitrogens is 1. The number of halogens is 1. The Balaban J connectivity index is 0.00000121. The highest BCUT2D eigenvalue weighted by atomic mass is 35.5. The van der Waals surface area contributed by atoms with Crippen LogP contribution in [-0.2, 0) is 13.0 Å². The van der Waals surface area contributed by atoms with E-state index in [9.17, 15) is 0 Å². The van der Waals surface area contributed by atoms with Gasteiger partial charge in [0, 0.05) is 18.1 Å². The maximum absolute atomic E-state index is 2.25. The second-order valence-corrected chi connectivity index (χ2v) is 2.80. The molecule has 1 aromatic heterocycles. The zero-order valence-electron chi connectivity index (χ0n) is 7.76. The molecule has 12 heavy (non-hydrogen) atoms. The van der Waals surface area contributed by atoms with Crippen LogP contribution in [0.3, 0.4) is 0 Å². The largest absolute Gasteiger partial charge is 1.00 e. The SMILES string of the molecule is CCC[n+]1cccc(CC)c1.[Cl-]. The van der Waals surface area contributed by atoms with Crippen LogP contribution in [0.4, 0.5) is 0 Å². The Morgan fingerprint density at radius 3 is 2.67 bits per heavy atom. The summed E-state index contributed by atoms with van der Waals surface area (Å²) in [5.74, 6) is 0. The monoisotopic (exact) mass is 185 g/mol. The van der Waals surface area contributed by atoms with Crippen LogP contribution in [0.5, 0.6) is 0 Å². The Hall–Kier alpha value is -0.560. The van der Waals surface area contributed by atoms with Crippen LogP contribution >= 0.6 is 0 Å². The van der Waals surface area contributed by atoms with Crippen molar-refractivity contribution >= 4 is 0 Å². The highest BCUT2D eigenvalue weighted by Gasteiger charge is 1.97. The van der Waals surface area contributed by atoms with E-state index in [1.807, 2.05) is 0 Å². The van der Waals surface area contributed by atoms with Gasteiger partial charge in [-0.3, -0.25) is 0 Å². The van der Waals surface area contributed by atoms with E-state index in [4.69, 9.17) is 0 Å². The van der Waals surface area contributed by atoms with Crippen LogP contribution in [0, 0.1) is 0 Å². The van der Waals surface area contributed by atoms with E-state index >= 15 is 0 Å². The Bertz CT molecular complexity index is 223. The molecule has 0 aromatic carbocycles. The van der Waals surface area contributed by atoms with E-state index < -0.39 is 0 Å². The molecule has 68 valence electrons. The molecule has 0 saturated carbocycles. The van der Waals surface area contributed by atoms with Gasteiger partial charge in [0.2, 0.25) is 0 Å². The number of hydrogen-bond acceptors (Lipinski definition) is 0. The van der Waals surface area contributed by atoms with E-state index in [0.29, 0.717) is 0 Å². The van der Waals surface area contributed by atoms with Crippen LogP contribution in [-0.4, -0.2) is 0 Å². The van der Waals surface area contributed by atoms with Gasteiger partial charge in [0.25, 0.3) is 0 Å². The van der Waals surface area contributed by atoms with Crippen molar-refractivity contribution in [2.45, 2.75) is 33.2 Å². The summed E-state index contributed by atoms with van der Waals surface area (Å²) in [5.41, 5.74) is 1.42. The molecule has 1 rings (SSSR count). The summed E-state index contributed by atoms with van der Waals surface area (Å²) in [6, 6.07) is 4.29. The number of nitrogens with zero attached hydrogens (tertiary/aromatic N) is 1. The predicted molar refractivity (Wildman–Crippen MR) is 46.3 cm³/mol. The minimum Gasteiger partial charge on any atom is -1.00 e. The third kappa shape index (κ3) is 3.22. The van der Waals surface area contributed by atoms with Crippen LogP contribution in [0.1, 0.15) is 25.8 Å². The lowest BCUT2D eigenvalue weighted by atomic mass is 10.2. The Labute approximate surface area is 80.8 Å². The first-order chi connectivity index (χ1) is 5.36. The number of pyridine rings is 1.